The highest BCUT2D eigenvalue weighted by molar-refractivity contribution is 7.52. The van der Waals surface area contributed by atoms with E-state index >= 15 is 0 Å². The monoisotopic (exact) mass is 236 g/mol. The van der Waals surface area contributed by atoms with Gasteiger partial charge >= 0.3 is 7.60 Å². The lowest BCUT2D eigenvalue weighted by Crippen LogP contribution is -2.05. The van der Waals surface area contributed by atoms with Crippen LogP contribution in [-0.4, -0.2) is 25.9 Å². The Morgan fingerprint density at radius 2 is 1.93 bits per heavy atom. The molecule has 0 aliphatic rings. The molecule has 84 valence electrons. The Hall–Kier alpha value is -1.10. The number of rotatable bonds is 3. The fourth-order valence-corrected chi connectivity index (χ4v) is 1.46. The van der Waals surface area contributed by atoms with Crippen molar-refractivity contribution in [1.29, 1.82) is 0 Å². The Labute approximate surface area is 85.0 Å². The molecule has 0 saturated heterocycles. The van der Waals surface area contributed by atoms with Crippen LogP contribution in [-0.2, 0) is 11.0 Å². The summed E-state index contributed by atoms with van der Waals surface area (Å²) in [4.78, 5) is 17.0. The van der Waals surface area contributed by atoms with Crippen LogP contribution < -0.4 is 0 Å². The van der Waals surface area contributed by atoms with E-state index in [0.717, 1.165) is 6.07 Å². The summed E-state index contributed by atoms with van der Waals surface area (Å²) in [7, 11) is -4.79. The summed E-state index contributed by atoms with van der Waals surface area (Å²) in [6.45, 7) is 0. The van der Waals surface area contributed by atoms with Crippen LogP contribution in [0.1, 0.15) is 5.56 Å². The number of phenolic OH excluding ortho intramolecular Hbond substituents is 2. The molecule has 1 rings (SSSR count). The van der Waals surface area contributed by atoms with Gasteiger partial charge in [0.25, 0.3) is 0 Å². The van der Waals surface area contributed by atoms with Gasteiger partial charge in [-0.25, -0.2) is 4.39 Å². The van der Waals surface area contributed by atoms with Gasteiger partial charge in [0.1, 0.15) is 11.5 Å². The first-order valence-electron chi connectivity index (χ1n) is 4.01. The van der Waals surface area contributed by atoms with Crippen molar-refractivity contribution in [2.75, 3.05) is 0 Å². The van der Waals surface area contributed by atoms with Gasteiger partial charge in [0.05, 0.1) is 0 Å². The zero-order chi connectivity index (χ0) is 11.6. The first-order valence-corrected chi connectivity index (χ1v) is 5.69. The highest BCUT2D eigenvalue weighted by Crippen LogP contribution is 2.44. The van der Waals surface area contributed by atoms with Gasteiger partial charge < -0.3 is 20.0 Å². The minimum absolute atomic E-state index is 0.0311. The molecule has 15 heavy (non-hydrogen) atoms. The maximum atomic E-state index is 12.9. The molecular formula is C8H10FO5P. The largest absolute Gasteiger partial charge is 0.508 e. The lowest BCUT2D eigenvalue weighted by atomic mass is 10.1. The van der Waals surface area contributed by atoms with E-state index in [1.807, 2.05) is 0 Å². The summed E-state index contributed by atoms with van der Waals surface area (Å²) in [6.07, 6.45) is -0.601. The van der Waals surface area contributed by atoms with Gasteiger partial charge in [0, 0.05) is 12.5 Å². The number of aromatic hydroxyl groups is 2. The van der Waals surface area contributed by atoms with Crippen molar-refractivity contribution in [1.82, 2.24) is 0 Å². The molecule has 0 fully saturated rings. The van der Waals surface area contributed by atoms with Gasteiger partial charge in [0.2, 0.25) is 5.91 Å². The van der Waals surface area contributed by atoms with E-state index in [0.29, 0.717) is 0 Å². The molecule has 0 amide bonds. The van der Waals surface area contributed by atoms with Crippen molar-refractivity contribution < 1.29 is 29.0 Å². The average molecular weight is 236 g/mol. The molecule has 7 heteroatoms. The molecule has 1 atom stereocenters. The van der Waals surface area contributed by atoms with Crippen molar-refractivity contribution in [3.05, 3.63) is 23.8 Å². The van der Waals surface area contributed by atoms with Gasteiger partial charge in [-0.15, -0.1) is 0 Å². The fraction of sp³-hybridized carbons (Fsp3) is 0.250. The minimum atomic E-state index is -4.79. The molecule has 0 saturated carbocycles. The molecule has 0 aliphatic carbocycles. The van der Waals surface area contributed by atoms with Crippen molar-refractivity contribution >= 4 is 7.60 Å². The SMILES string of the molecule is O=P(O)(O)C(F)Cc1ccc(O)cc1O. The molecule has 1 aromatic carbocycles. The lowest BCUT2D eigenvalue weighted by Gasteiger charge is -2.11. The van der Waals surface area contributed by atoms with Crippen LogP contribution in [0.4, 0.5) is 4.39 Å². The summed E-state index contributed by atoms with van der Waals surface area (Å²) < 4.78 is 23.4. The van der Waals surface area contributed by atoms with Gasteiger partial charge in [-0.2, -0.15) is 0 Å². The van der Waals surface area contributed by atoms with Crippen molar-refractivity contribution in [2.45, 2.75) is 12.3 Å². The van der Waals surface area contributed by atoms with E-state index in [4.69, 9.17) is 14.9 Å². The third kappa shape index (κ3) is 3.20. The zero-order valence-electron chi connectivity index (χ0n) is 7.54. The maximum Gasteiger partial charge on any atom is 0.359 e. The molecule has 1 aromatic rings. The summed E-state index contributed by atoms with van der Waals surface area (Å²) >= 11 is 0. The molecule has 0 bridgehead atoms. The van der Waals surface area contributed by atoms with Crippen LogP contribution in [0.25, 0.3) is 0 Å². The maximum absolute atomic E-state index is 12.9. The van der Waals surface area contributed by atoms with Crippen LogP contribution in [0, 0.1) is 0 Å². The normalized spacial score (nSPS) is 13.8. The van der Waals surface area contributed by atoms with Gasteiger partial charge in [-0.05, 0) is 11.6 Å². The first-order chi connectivity index (χ1) is 6.80. The van der Waals surface area contributed by atoms with E-state index in [-0.39, 0.29) is 11.3 Å². The molecule has 0 aliphatic heterocycles. The number of benzene rings is 1. The quantitative estimate of drug-likeness (QED) is 0.589. The summed E-state index contributed by atoms with van der Waals surface area (Å²) in [5.41, 5.74) is 0.0311. The first kappa shape index (κ1) is 12.0. The molecule has 4 N–H and O–H groups in total. The fourth-order valence-electron chi connectivity index (χ4n) is 1.03. The number of phenols is 2. The highest BCUT2D eigenvalue weighted by atomic mass is 31.2. The summed E-state index contributed by atoms with van der Waals surface area (Å²) in [5.74, 6) is -2.96. The molecule has 5 nitrogen and oxygen atoms in total. The van der Waals surface area contributed by atoms with Crippen molar-refractivity contribution in [3.63, 3.8) is 0 Å². The Balaban J connectivity index is 2.86. The van der Waals surface area contributed by atoms with E-state index in [2.05, 4.69) is 0 Å². The summed E-state index contributed by atoms with van der Waals surface area (Å²) in [6, 6.07) is 3.37. The van der Waals surface area contributed by atoms with Crippen molar-refractivity contribution in [2.24, 2.45) is 0 Å². The van der Waals surface area contributed by atoms with E-state index in [9.17, 15) is 14.1 Å². The second kappa shape index (κ2) is 4.18. The van der Waals surface area contributed by atoms with E-state index in [1.54, 1.807) is 0 Å². The molecule has 1 unspecified atom stereocenters. The Bertz CT molecular complexity index is 402. The third-order valence-corrected chi connectivity index (χ3v) is 2.73. The van der Waals surface area contributed by atoms with Gasteiger partial charge in [-0.1, -0.05) is 6.07 Å². The minimum Gasteiger partial charge on any atom is -0.508 e. The molecule has 0 spiro atoms. The molecule has 0 heterocycles. The molecular weight excluding hydrogens is 226 g/mol. The highest BCUT2D eigenvalue weighted by Gasteiger charge is 2.29. The third-order valence-electron chi connectivity index (χ3n) is 1.82. The Morgan fingerprint density at radius 3 is 2.40 bits per heavy atom. The van der Waals surface area contributed by atoms with Crippen LogP contribution in [0.3, 0.4) is 0 Å². The number of alkyl halides is 1. The Morgan fingerprint density at radius 1 is 1.33 bits per heavy atom. The zero-order valence-corrected chi connectivity index (χ0v) is 8.43. The van der Waals surface area contributed by atoms with Crippen LogP contribution in [0.15, 0.2) is 18.2 Å². The van der Waals surface area contributed by atoms with Crippen LogP contribution >= 0.6 is 7.60 Å². The molecule has 0 radical (unpaired) electrons. The smallest absolute Gasteiger partial charge is 0.359 e. The number of hydrogen-bond donors (Lipinski definition) is 4. The summed E-state index contributed by atoms with van der Waals surface area (Å²) in [5, 5.41) is 18.2. The van der Waals surface area contributed by atoms with Gasteiger partial charge in [0.15, 0.2) is 0 Å². The van der Waals surface area contributed by atoms with E-state index < -0.39 is 25.7 Å². The average Bonchev–Trinajstić information content (AvgIpc) is 2.08. The topological polar surface area (TPSA) is 98.0 Å². The van der Waals surface area contributed by atoms with E-state index in [1.165, 1.54) is 12.1 Å². The van der Waals surface area contributed by atoms with Crippen LogP contribution in [0.2, 0.25) is 0 Å². The standard InChI is InChI=1S/C8H10FO5P/c9-8(15(12,13)14)3-5-1-2-6(10)4-7(5)11/h1-2,4,8,10-11H,3H2,(H2,12,13,14). The molecule has 0 aromatic heterocycles. The van der Waals surface area contributed by atoms with Gasteiger partial charge in [-0.3, -0.25) is 4.57 Å². The number of halogens is 1. The predicted molar refractivity (Wildman–Crippen MR) is 50.4 cm³/mol. The lowest BCUT2D eigenvalue weighted by molar-refractivity contribution is 0.297. The Kier molecular flexibility index (Phi) is 3.34. The predicted octanol–water partition coefficient (Wildman–Crippen LogP) is 1.11. The van der Waals surface area contributed by atoms with Crippen LogP contribution in [0.5, 0.6) is 11.5 Å². The number of hydrogen-bond acceptors (Lipinski definition) is 3. The second-order valence-electron chi connectivity index (χ2n) is 3.04. The second-order valence-corrected chi connectivity index (χ2v) is 4.78. The van der Waals surface area contributed by atoms with Crippen molar-refractivity contribution in [3.8, 4) is 11.5 Å².